The highest BCUT2D eigenvalue weighted by atomic mass is 32.2. The zero-order valence-electron chi connectivity index (χ0n) is 16.3. The normalized spacial score (nSPS) is 24.2. The maximum absolute atomic E-state index is 12.7. The number of fused-ring (bicyclic) bond motifs is 2. The van der Waals surface area contributed by atoms with Gasteiger partial charge in [-0.1, -0.05) is 48.5 Å². The average Bonchev–Trinajstić information content (AvgIpc) is 3.29. The summed E-state index contributed by atoms with van der Waals surface area (Å²) in [5, 5.41) is 9.42. The summed E-state index contributed by atoms with van der Waals surface area (Å²) in [4.78, 5) is 12.7. The highest BCUT2D eigenvalue weighted by Gasteiger charge is 2.36. The number of rotatable bonds is 3. The first kappa shape index (κ1) is 18.9. The summed E-state index contributed by atoms with van der Waals surface area (Å²) in [6.07, 6.45) is 6.46. The molecule has 0 spiro atoms. The Morgan fingerprint density at radius 1 is 1.20 bits per heavy atom. The van der Waals surface area contributed by atoms with Gasteiger partial charge in [0, 0.05) is 12.2 Å². The van der Waals surface area contributed by atoms with Crippen molar-refractivity contribution < 1.29 is 13.2 Å². The second-order valence-corrected chi connectivity index (χ2v) is 9.79. The second-order valence-electron chi connectivity index (χ2n) is 7.78. The molecule has 1 fully saturated rings. The fraction of sp³-hybridized carbons (Fsp3) is 0.273. The summed E-state index contributed by atoms with van der Waals surface area (Å²) >= 11 is 0. The molecule has 2 atom stereocenters. The molecule has 1 amide bonds. The summed E-state index contributed by atoms with van der Waals surface area (Å²) in [5.74, 6) is 0.337. The molecule has 0 radical (unpaired) electrons. The van der Waals surface area contributed by atoms with E-state index in [-0.39, 0.29) is 30.0 Å². The Bertz CT molecular complexity index is 1220. The van der Waals surface area contributed by atoms with Gasteiger partial charge in [0.25, 0.3) is 0 Å². The molecule has 7 nitrogen and oxygen atoms in total. The third-order valence-corrected chi connectivity index (χ3v) is 7.56. The summed E-state index contributed by atoms with van der Waals surface area (Å²) < 4.78 is 25.9. The molecule has 2 aromatic rings. The van der Waals surface area contributed by atoms with E-state index < -0.39 is 10.0 Å². The SMILES string of the molecule is O=C(Cc1ccc2ccccc2c1)NC1=NNC2C=CC(N3CCCS3(=O)=O)=CC12. The first-order valence-electron chi connectivity index (χ1n) is 10.0. The van der Waals surface area contributed by atoms with Crippen LogP contribution in [-0.4, -0.2) is 42.8 Å². The van der Waals surface area contributed by atoms with Crippen molar-refractivity contribution in [2.45, 2.75) is 18.9 Å². The maximum Gasteiger partial charge on any atom is 0.235 e. The molecule has 2 unspecified atom stereocenters. The van der Waals surface area contributed by atoms with Crippen molar-refractivity contribution in [2.24, 2.45) is 11.0 Å². The zero-order chi connectivity index (χ0) is 20.7. The van der Waals surface area contributed by atoms with E-state index in [1.54, 1.807) is 0 Å². The predicted octanol–water partition coefficient (Wildman–Crippen LogP) is 1.89. The largest absolute Gasteiger partial charge is 0.312 e. The van der Waals surface area contributed by atoms with Gasteiger partial charge < -0.3 is 10.7 Å². The van der Waals surface area contributed by atoms with Crippen molar-refractivity contribution in [3.05, 3.63) is 72.0 Å². The van der Waals surface area contributed by atoms with Crippen molar-refractivity contribution in [1.29, 1.82) is 0 Å². The molecule has 8 heteroatoms. The number of amides is 1. The van der Waals surface area contributed by atoms with Crippen LogP contribution < -0.4 is 10.7 Å². The number of amidine groups is 1. The van der Waals surface area contributed by atoms with E-state index >= 15 is 0 Å². The Balaban J connectivity index is 1.30. The van der Waals surface area contributed by atoms with Crippen LogP contribution in [0.5, 0.6) is 0 Å². The van der Waals surface area contributed by atoms with Crippen LogP contribution in [-0.2, 0) is 21.2 Å². The third-order valence-electron chi connectivity index (χ3n) is 5.69. The van der Waals surface area contributed by atoms with Crippen LogP contribution in [0.25, 0.3) is 10.8 Å². The minimum atomic E-state index is -3.25. The average molecular weight is 423 g/mol. The van der Waals surface area contributed by atoms with Crippen LogP contribution in [0.2, 0.25) is 0 Å². The Morgan fingerprint density at radius 3 is 2.83 bits per heavy atom. The monoisotopic (exact) mass is 422 g/mol. The van der Waals surface area contributed by atoms with Crippen molar-refractivity contribution in [3.8, 4) is 0 Å². The van der Waals surface area contributed by atoms with Gasteiger partial charge in [0.15, 0.2) is 0 Å². The van der Waals surface area contributed by atoms with Gasteiger partial charge in [-0.25, -0.2) is 8.42 Å². The van der Waals surface area contributed by atoms with Crippen LogP contribution >= 0.6 is 0 Å². The highest BCUT2D eigenvalue weighted by Crippen LogP contribution is 2.28. The Hall–Kier alpha value is -3.13. The Labute approximate surface area is 175 Å². The molecule has 0 saturated carbocycles. The van der Waals surface area contributed by atoms with E-state index in [1.165, 1.54) is 4.31 Å². The lowest BCUT2D eigenvalue weighted by Gasteiger charge is -2.25. The minimum absolute atomic E-state index is 0.0879. The number of hydrogen-bond acceptors (Lipinski definition) is 5. The maximum atomic E-state index is 12.7. The van der Waals surface area contributed by atoms with Gasteiger partial charge >= 0.3 is 0 Å². The summed E-state index contributed by atoms with van der Waals surface area (Å²) in [6.45, 7) is 0.490. The fourth-order valence-electron chi connectivity index (χ4n) is 4.18. The number of benzene rings is 2. The van der Waals surface area contributed by atoms with Crippen LogP contribution in [0, 0.1) is 5.92 Å². The molecule has 2 aromatic carbocycles. The number of sulfonamides is 1. The smallest absolute Gasteiger partial charge is 0.235 e. The lowest BCUT2D eigenvalue weighted by Crippen LogP contribution is -2.39. The van der Waals surface area contributed by atoms with E-state index in [9.17, 15) is 13.2 Å². The van der Waals surface area contributed by atoms with Crippen molar-refractivity contribution in [3.63, 3.8) is 0 Å². The van der Waals surface area contributed by atoms with E-state index in [0.717, 1.165) is 16.3 Å². The predicted molar refractivity (Wildman–Crippen MR) is 116 cm³/mol. The molecule has 1 aliphatic carbocycles. The molecule has 2 N–H and O–H groups in total. The molecule has 2 aliphatic heterocycles. The van der Waals surface area contributed by atoms with Crippen molar-refractivity contribution in [1.82, 2.24) is 15.0 Å². The summed E-state index contributed by atoms with van der Waals surface area (Å²) in [7, 11) is -3.25. The van der Waals surface area contributed by atoms with Crippen LogP contribution in [0.4, 0.5) is 0 Å². The van der Waals surface area contributed by atoms with E-state index in [1.807, 2.05) is 60.7 Å². The molecule has 0 bridgehead atoms. The Morgan fingerprint density at radius 2 is 2.03 bits per heavy atom. The number of hydrazone groups is 1. The van der Waals surface area contributed by atoms with E-state index in [2.05, 4.69) is 15.8 Å². The molecule has 0 aromatic heterocycles. The van der Waals surface area contributed by atoms with Gasteiger partial charge in [-0.2, -0.15) is 5.10 Å². The van der Waals surface area contributed by atoms with E-state index in [0.29, 0.717) is 24.5 Å². The first-order valence-corrected chi connectivity index (χ1v) is 11.6. The molecule has 3 aliphatic rings. The number of carbonyl (C=O) groups excluding carboxylic acids is 1. The molecule has 154 valence electrons. The lowest BCUT2D eigenvalue weighted by atomic mass is 9.93. The second kappa shape index (κ2) is 7.28. The zero-order valence-corrected chi connectivity index (χ0v) is 17.1. The summed E-state index contributed by atoms with van der Waals surface area (Å²) in [5.41, 5.74) is 4.58. The number of hydrogen-bond donors (Lipinski definition) is 2. The Kier molecular flexibility index (Phi) is 4.58. The van der Waals surface area contributed by atoms with Gasteiger partial charge in [0.1, 0.15) is 5.84 Å². The van der Waals surface area contributed by atoms with Gasteiger partial charge in [-0.3, -0.25) is 9.10 Å². The molecule has 2 heterocycles. The van der Waals surface area contributed by atoms with Crippen molar-refractivity contribution in [2.75, 3.05) is 12.3 Å². The molecular weight excluding hydrogens is 400 g/mol. The van der Waals surface area contributed by atoms with Crippen LogP contribution in [0.1, 0.15) is 12.0 Å². The number of carbonyl (C=O) groups is 1. The van der Waals surface area contributed by atoms with Gasteiger partial charge in [0.2, 0.25) is 15.9 Å². The topological polar surface area (TPSA) is 90.9 Å². The number of nitrogens with one attached hydrogen (secondary N) is 2. The molecule has 30 heavy (non-hydrogen) atoms. The minimum Gasteiger partial charge on any atom is -0.312 e. The lowest BCUT2D eigenvalue weighted by molar-refractivity contribution is -0.119. The number of allylic oxidation sites excluding steroid dienone is 1. The molecule has 1 saturated heterocycles. The standard InChI is InChI=1S/C22H22N4O3S/c27-21(13-15-6-7-16-4-1-2-5-17(16)12-15)23-22-19-14-18(8-9-20(19)24-25-22)26-10-3-11-30(26,28)29/h1-2,4-9,12,14,19-20,24H,3,10-11,13H2,(H,23,25,27). The molecular formula is C22H22N4O3S. The molecule has 5 rings (SSSR count). The third kappa shape index (κ3) is 3.47. The van der Waals surface area contributed by atoms with Gasteiger partial charge in [-0.05, 0) is 34.9 Å². The van der Waals surface area contributed by atoms with Gasteiger partial charge in [0.05, 0.1) is 24.1 Å². The van der Waals surface area contributed by atoms with Gasteiger partial charge in [-0.15, -0.1) is 0 Å². The van der Waals surface area contributed by atoms with Crippen LogP contribution in [0.15, 0.2) is 71.5 Å². The van der Waals surface area contributed by atoms with Crippen LogP contribution in [0.3, 0.4) is 0 Å². The number of nitrogens with zero attached hydrogens (tertiary/aromatic N) is 2. The highest BCUT2D eigenvalue weighted by molar-refractivity contribution is 7.89. The first-order chi connectivity index (χ1) is 14.5. The van der Waals surface area contributed by atoms with Crippen molar-refractivity contribution >= 4 is 32.5 Å². The fourth-order valence-corrected chi connectivity index (χ4v) is 5.75. The van der Waals surface area contributed by atoms with E-state index in [4.69, 9.17) is 0 Å². The quantitative estimate of drug-likeness (QED) is 0.790. The summed E-state index contributed by atoms with van der Waals surface area (Å²) in [6, 6.07) is 13.9.